The van der Waals surface area contributed by atoms with Crippen molar-refractivity contribution in [2.45, 2.75) is 57.2 Å². The summed E-state index contributed by atoms with van der Waals surface area (Å²) >= 11 is 0. The Morgan fingerprint density at radius 3 is 2.69 bits per heavy atom. The number of hydrogen-bond donors (Lipinski definition) is 2. The smallest absolute Gasteiger partial charge is 0.716 e. The van der Waals surface area contributed by atoms with Crippen molar-refractivity contribution in [1.29, 1.82) is 0 Å². The minimum atomic E-state index is -4.76. The van der Waals surface area contributed by atoms with E-state index >= 15 is 0 Å². The van der Waals surface area contributed by atoms with Gasteiger partial charge in [0.15, 0.2) is 0 Å². The Morgan fingerprint density at radius 2 is 2.00 bits per heavy atom. The van der Waals surface area contributed by atoms with Crippen LogP contribution >= 0.6 is 0 Å². The average Bonchev–Trinajstić information content (AvgIpc) is 2.76. The molecule has 3 aliphatic rings. The monoisotopic (exact) mass is 390 g/mol. The number of aliphatic hydroxyl groups is 2. The third-order valence-electron chi connectivity index (χ3n) is 6.87. The van der Waals surface area contributed by atoms with Crippen LogP contribution in [0.2, 0.25) is 0 Å². The van der Waals surface area contributed by atoms with Gasteiger partial charge in [0.05, 0.1) is 12.2 Å². The van der Waals surface area contributed by atoms with Crippen LogP contribution < -0.4 is 33.7 Å². The predicted molar refractivity (Wildman–Crippen MR) is 88.8 cm³/mol. The van der Waals surface area contributed by atoms with Crippen molar-refractivity contribution in [1.82, 2.24) is 0 Å². The predicted octanol–water partition coefficient (Wildman–Crippen LogP) is -1.28. The normalized spacial score (nSPS) is 38.5. The molecular formula is C18H23NaO6S. The average molecular weight is 390 g/mol. The fourth-order valence-electron chi connectivity index (χ4n) is 5.72. The molecule has 1 aromatic rings. The largest absolute Gasteiger partial charge is 1.00 e. The van der Waals surface area contributed by atoms with Gasteiger partial charge in [-0.05, 0) is 78.5 Å². The number of fused-ring (bicyclic) bond motifs is 5. The van der Waals surface area contributed by atoms with Crippen LogP contribution in [0.5, 0.6) is 5.75 Å². The Hall–Kier alpha value is -0.150. The number of hydrogen-bond acceptors (Lipinski definition) is 6. The number of benzene rings is 1. The van der Waals surface area contributed by atoms with Crippen molar-refractivity contribution < 1.29 is 56.9 Å². The van der Waals surface area contributed by atoms with Crippen molar-refractivity contribution in [2.75, 3.05) is 0 Å². The molecule has 0 amide bonds. The van der Waals surface area contributed by atoms with Crippen LogP contribution in [0.3, 0.4) is 0 Å². The topological polar surface area (TPSA) is 107 Å². The zero-order valence-corrected chi connectivity index (χ0v) is 17.9. The van der Waals surface area contributed by atoms with Gasteiger partial charge in [-0.15, -0.1) is 0 Å². The van der Waals surface area contributed by atoms with Crippen LogP contribution in [0, 0.1) is 17.3 Å². The van der Waals surface area contributed by atoms with Crippen LogP contribution in [-0.2, 0) is 16.8 Å². The van der Waals surface area contributed by atoms with E-state index in [1.165, 1.54) is 5.56 Å². The fraction of sp³-hybridized carbons (Fsp3) is 0.667. The molecule has 3 aliphatic carbocycles. The third kappa shape index (κ3) is 3.36. The fourth-order valence-corrected chi connectivity index (χ4v) is 6.06. The molecule has 0 bridgehead atoms. The molecule has 2 fully saturated rings. The molecule has 138 valence electrons. The van der Waals surface area contributed by atoms with Gasteiger partial charge in [-0.1, -0.05) is 13.0 Å². The van der Waals surface area contributed by atoms with E-state index in [2.05, 4.69) is 11.1 Å². The molecule has 0 saturated heterocycles. The molecule has 6 unspecified atom stereocenters. The summed E-state index contributed by atoms with van der Waals surface area (Å²) in [5.74, 6) is 1.12. The van der Waals surface area contributed by atoms with E-state index in [0.717, 1.165) is 31.2 Å². The Labute approximate surface area is 176 Å². The Morgan fingerprint density at radius 1 is 1.27 bits per heavy atom. The van der Waals surface area contributed by atoms with Crippen molar-refractivity contribution in [3.8, 4) is 5.75 Å². The molecule has 0 aliphatic heterocycles. The summed E-state index contributed by atoms with van der Waals surface area (Å²) in [7, 11) is -4.76. The summed E-state index contributed by atoms with van der Waals surface area (Å²) in [6.45, 7) is 2.10. The van der Waals surface area contributed by atoms with E-state index in [0.29, 0.717) is 24.2 Å². The first-order chi connectivity index (χ1) is 11.7. The van der Waals surface area contributed by atoms with Crippen LogP contribution in [0.25, 0.3) is 0 Å². The van der Waals surface area contributed by atoms with Gasteiger partial charge < -0.3 is 18.9 Å². The molecule has 1 aromatic carbocycles. The molecule has 0 radical (unpaired) electrons. The molecule has 8 heteroatoms. The van der Waals surface area contributed by atoms with Crippen molar-refractivity contribution in [3.63, 3.8) is 0 Å². The Kier molecular flexibility index (Phi) is 5.56. The van der Waals surface area contributed by atoms with E-state index in [1.807, 2.05) is 6.07 Å². The third-order valence-corrected chi connectivity index (χ3v) is 7.27. The molecule has 0 heterocycles. The van der Waals surface area contributed by atoms with Gasteiger partial charge >= 0.3 is 29.6 Å². The maximum absolute atomic E-state index is 10.8. The van der Waals surface area contributed by atoms with Crippen LogP contribution in [0.15, 0.2) is 18.2 Å². The number of aliphatic hydroxyl groups excluding tert-OH is 2. The standard InChI is InChI=1S/C18H24O6S.Na/c1-18-7-6-13-12-5-3-11(24-25(21,22)23)8-10(12)2-4-14(13)15(18)9-16(19)17(18)20;/h3,5,8,13-17,19-20H,2,4,6-7,9H2,1H3,(H,21,22,23);/q;+1/p-1. The van der Waals surface area contributed by atoms with Gasteiger partial charge in [0, 0.05) is 0 Å². The number of rotatable bonds is 2. The Balaban J connectivity index is 0.00000196. The molecule has 0 aromatic heterocycles. The zero-order valence-electron chi connectivity index (χ0n) is 15.1. The van der Waals surface area contributed by atoms with Crippen LogP contribution in [0.4, 0.5) is 0 Å². The van der Waals surface area contributed by atoms with E-state index in [-0.39, 0.29) is 40.7 Å². The van der Waals surface area contributed by atoms with Gasteiger partial charge in [0.1, 0.15) is 5.75 Å². The summed E-state index contributed by atoms with van der Waals surface area (Å²) in [4.78, 5) is 0. The first-order valence-electron chi connectivity index (χ1n) is 8.83. The SMILES string of the molecule is CC12CCC3c4ccc(OS(=O)(=O)[O-])cc4CCC3C1CC(O)C2O.[Na+]. The van der Waals surface area contributed by atoms with Crippen LogP contribution in [0.1, 0.15) is 49.7 Å². The summed E-state index contributed by atoms with van der Waals surface area (Å²) in [6.07, 6.45) is 2.87. The molecule has 26 heavy (non-hydrogen) atoms. The van der Waals surface area contributed by atoms with Gasteiger partial charge in [-0.2, -0.15) is 0 Å². The van der Waals surface area contributed by atoms with E-state index < -0.39 is 22.6 Å². The summed E-state index contributed by atoms with van der Waals surface area (Å²) in [5, 5.41) is 20.6. The van der Waals surface area contributed by atoms with Crippen molar-refractivity contribution in [2.24, 2.45) is 17.3 Å². The summed E-state index contributed by atoms with van der Waals surface area (Å²) < 4.78 is 36.8. The molecular weight excluding hydrogens is 367 g/mol. The van der Waals surface area contributed by atoms with Gasteiger partial charge in [0.2, 0.25) is 0 Å². The maximum Gasteiger partial charge on any atom is 1.00 e. The quantitative estimate of drug-likeness (QED) is 0.370. The molecule has 4 rings (SSSR count). The zero-order chi connectivity index (χ0) is 18.0. The van der Waals surface area contributed by atoms with Crippen LogP contribution in [-0.4, -0.2) is 35.4 Å². The Bertz CT molecular complexity index is 797. The van der Waals surface area contributed by atoms with Gasteiger partial charge in [-0.3, -0.25) is 0 Å². The minimum Gasteiger partial charge on any atom is -0.716 e. The van der Waals surface area contributed by atoms with Gasteiger partial charge in [0.25, 0.3) is 10.4 Å². The minimum absolute atomic E-state index is 0. The second-order valence-electron chi connectivity index (χ2n) is 8.06. The van der Waals surface area contributed by atoms with E-state index in [9.17, 15) is 23.2 Å². The first-order valence-corrected chi connectivity index (χ1v) is 10.2. The van der Waals surface area contributed by atoms with E-state index in [1.54, 1.807) is 12.1 Å². The number of aryl methyl sites for hydroxylation is 1. The van der Waals surface area contributed by atoms with Gasteiger partial charge in [-0.25, -0.2) is 8.42 Å². The second-order valence-corrected chi connectivity index (χ2v) is 9.04. The molecule has 2 saturated carbocycles. The molecule has 6 atom stereocenters. The molecule has 6 nitrogen and oxygen atoms in total. The van der Waals surface area contributed by atoms with Crippen molar-refractivity contribution >= 4 is 10.4 Å². The maximum atomic E-state index is 10.8. The van der Waals surface area contributed by atoms with Crippen molar-refractivity contribution in [3.05, 3.63) is 29.3 Å². The summed E-state index contributed by atoms with van der Waals surface area (Å²) in [5.41, 5.74) is 1.99. The molecule has 2 N–H and O–H groups in total. The molecule has 0 spiro atoms. The summed E-state index contributed by atoms with van der Waals surface area (Å²) in [6, 6.07) is 5.08. The first kappa shape index (κ1) is 20.6. The van der Waals surface area contributed by atoms with E-state index in [4.69, 9.17) is 0 Å². The second kappa shape index (κ2) is 7.03.